The summed E-state index contributed by atoms with van der Waals surface area (Å²) < 4.78 is 19.6. The monoisotopic (exact) mass is 295 g/mol. The molecule has 1 aliphatic carbocycles. The van der Waals surface area contributed by atoms with E-state index in [-0.39, 0.29) is 23.5 Å². The first kappa shape index (κ1) is 15.7. The van der Waals surface area contributed by atoms with Crippen molar-refractivity contribution in [1.29, 1.82) is 0 Å². The zero-order valence-electron chi connectivity index (χ0n) is 12.5. The highest BCUT2D eigenvalue weighted by atomic mass is 19.1. The molecule has 0 aliphatic heterocycles. The van der Waals surface area contributed by atoms with Crippen molar-refractivity contribution in [3.63, 3.8) is 0 Å². The molecule has 2 atom stereocenters. The van der Waals surface area contributed by atoms with Crippen LogP contribution < -0.4 is 10.6 Å². The number of ether oxygens (including phenoxy) is 1. The SMILES string of the molecule is CCCNc1nccc(C(=O)NC2CCCC2OC)c1F. The Labute approximate surface area is 124 Å². The average molecular weight is 295 g/mol. The molecule has 5 nitrogen and oxygen atoms in total. The molecule has 2 N–H and O–H groups in total. The average Bonchev–Trinajstić information content (AvgIpc) is 2.93. The molecule has 1 fully saturated rings. The van der Waals surface area contributed by atoms with Gasteiger partial charge in [0.1, 0.15) is 0 Å². The normalized spacial score (nSPS) is 21.3. The lowest BCUT2D eigenvalue weighted by Gasteiger charge is -2.20. The zero-order chi connectivity index (χ0) is 15.2. The lowest BCUT2D eigenvalue weighted by atomic mass is 10.1. The van der Waals surface area contributed by atoms with Crippen LogP contribution in [0.3, 0.4) is 0 Å². The summed E-state index contributed by atoms with van der Waals surface area (Å²) in [5.74, 6) is -0.891. The largest absolute Gasteiger partial charge is 0.379 e. The molecule has 1 aliphatic rings. The van der Waals surface area contributed by atoms with Crippen LogP contribution >= 0.6 is 0 Å². The van der Waals surface area contributed by atoms with Crippen molar-refractivity contribution in [2.45, 2.75) is 44.8 Å². The number of hydrogen-bond acceptors (Lipinski definition) is 4. The van der Waals surface area contributed by atoms with Crippen LogP contribution in [0.15, 0.2) is 12.3 Å². The Morgan fingerprint density at radius 1 is 1.52 bits per heavy atom. The van der Waals surface area contributed by atoms with Gasteiger partial charge < -0.3 is 15.4 Å². The van der Waals surface area contributed by atoms with Gasteiger partial charge in [-0.15, -0.1) is 0 Å². The molecule has 2 rings (SSSR count). The summed E-state index contributed by atoms with van der Waals surface area (Å²) in [6.45, 7) is 2.59. The topological polar surface area (TPSA) is 63.2 Å². The summed E-state index contributed by atoms with van der Waals surface area (Å²) in [6, 6.07) is 1.35. The van der Waals surface area contributed by atoms with Gasteiger partial charge in [0.15, 0.2) is 11.6 Å². The third kappa shape index (κ3) is 3.69. The van der Waals surface area contributed by atoms with Gasteiger partial charge in [-0.05, 0) is 31.7 Å². The van der Waals surface area contributed by atoms with Gasteiger partial charge in [0.2, 0.25) is 0 Å². The van der Waals surface area contributed by atoms with E-state index in [1.807, 2.05) is 6.92 Å². The molecule has 0 radical (unpaired) electrons. The summed E-state index contributed by atoms with van der Waals surface area (Å²) in [6.07, 6.45) is 5.09. The molecule has 1 saturated carbocycles. The number of nitrogens with zero attached hydrogens (tertiary/aromatic N) is 1. The van der Waals surface area contributed by atoms with E-state index >= 15 is 0 Å². The molecule has 1 amide bonds. The maximum Gasteiger partial charge on any atom is 0.254 e. The first-order valence-corrected chi connectivity index (χ1v) is 7.39. The van der Waals surface area contributed by atoms with E-state index in [0.717, 1.165) is 25.7 Å². The number of nitrogens with one attached hydrogen (secondary N) is 2. The number of methoxy groups -OCH3 is 1. The minimum atomic E-state index is -0.601. The van der Waals surface area contributed by atoms with E-state index < -0.39 is 11.7 Å². The Morgan fingerprint density at radius 2 is 2.33 bits per heavy atom. The molecule has 0 saturated heterocycles. The second kappa shape index (κ2) is 7.36. The number of anilines is 1. The number of hydrogen-bond donors (Lipinski definition) is 2. The summed E-state index contributed by atoms with van der Waals surface area (Å²) in [4.78, 5) is 16.2. The molecule has 1 aromatic heterocycles. The first-order valence-electron chi connectivity index (χ1n) is 7.39. The molecule has 21 heavy (non-hydrogen) atoms. The van der Waals surface area contributed by atoms with Crippen LogP contribution in [0.4, 0.5) is 10.2 Å². The number of carbonyl (C=O) groups is 1. The van der Waals surface area contributed by atoms with Gasteiger partial charge in [-0.1, -0.05) is 6.92 Å². The Hall–Kier alpha value is -1.69. The number of amides is 1. The minimum Gasteiger partial charge on any atom is -0.379 e. The molecule has 0 spiro atoms. The summed E-state index contributed by atoms with van der Waals surface area (Å²) in [5.41, 5.74) is 0.0188. The van der Waals surface area contributed by atoms with Crippen LogP contribution in [-0.2, 0) is 4.74 Å². The van der Waals surface area contributed by atoms with Crippen LogP contribution in [0.5, 0.6) is 0 Å². The Bertz CT molecular complexity index is 496. The molecule has 0 aromatic carbocycles. The van der Waals surface area contributed by atoms with Crippen molar-refractivity contribution in [2.24, 2.45) is 0 Å². The summed E-state index contributed by atoms with van der Waals surface area (Å²) in [7, 11) is 1.63. The van der Waals surface area contributed by atoms with Gasteiger partial charge in [-0.25, -0.2) is 9.37 Å². The maximum absolute atomic E-state index is 14.3. The number of pyridine rings is 1. The lowest BCUT2D eigenvalue weighted by molar-refractivity contribution is 0.0720. The fourth-order valence-electron chi connectivity index (χ4n) is 2.61. The maximum atomic E-state index is 14.3. The van der Waals surface area contributed by atoms with Crippen molar-refractivity contribution in [2.75, 3.05) is 19.0 Å². The summed E-state index contributed by atoms with van der Waals surface area (Å²) in [5, 5.41) is 5.74. The van der Waals surface area contributed by atoms with Crippen LogP contribution in [-0.4, -0.2) is 36.7 Å². The molecular formula is C15H22FN3O2. The quantitative estimate of drug-likeness (QED) is 0.845. The summed E-state index contributed by atoms with van der Waals surface area (Å²) >= 11 is 0. The van der Waals surface area contributed by atoms with Crippen molar-refractivity contribution in [3.05, 3.63) is 23.6 Å². The third-order valence-corrected chi connectivity index (χ3v) is 3.75. The molecule has 1 heterocycles. The molecular weight excluding hydrogens is 273 g/mol. The second-order valence-corrected chi connectivity index (χ2v) is 5.23. The number of rotatable bonds is 6. The van der Waals surface area contributed by atoms with E-state index in [1.54, 1.807) is 7.11 Å². The smallest absolute Gasteiger partial charge is 0.254 e. The number of halogens is 1. The fourth-order valence-corrected chi connectivity index (χ4v) is 2.61. The highest BCUT2D eigenvalue weighted by Gasteiger charge is 2.29. The molecule has 6 heteroatoms. The lowest BCUT2D eigenvalue weighted by Crippen LogP contribution is -2.41. The molecule has 116 valence electrons. The Balaban J connectivity index is 2.08. The van der Waals surface area contributed by atoms with Crippen molar-refractivity contribution < 1.29 is 13.9 Å². The van der Waals surface area contributed by atoms with E-state index in [9.17, 15) is 9.18 Å². The third-order valence-electron chi connectivity index (χ3n) is 3.75. The Kier molecular flexibility index (Phi) is 5.50. The van der Waals surface area contributed by atoms with Crippen molar-refractivity contribution >= 4 is 11.7 Å². The number of aromatic nitrogens is 1. The van der Waals surface area contributed by atoms with Crippen molar-refractivity contribution in [1.82, 2.24) is 10.3 Å². The molecule has 2 unspecified atom stereocenters. The van der Waals surface area contributed by atoms with Gasteiger partial charge in [-0.2, -0.15) is 0 Å². The van der Waals surface area contributed by atoms with E-state index in [2.05, 4.69) is 15.6 Å². The highest BCUT2D eigenvalue weighted by Crippen LogP contribution is 2.22. The van der Waals surface area contributed by atoms with Gasteiger partial charge >= 0.3 is 0 Å². The highest BCUT2D eigenvalue weighted by molar-refractivity contribution is 5.95. The van der Waals surface area contributed by atoms with Gasteiger partial charge in [-0.3, -0.25) is 4.79 Å². The van der Waals surface area contributed by atoms with E-state index in [0.29, 0.717) is 6.54 Å². The number of carbonyl (C=O) groups excluding carboxylic acids is 1. The zero-order valence-corrected chi connectivity index (χ0v) is 12.5. The van der Waals surface area contributed by atoms with E-state index in [1.165, 1.54) is 12.3 Å². The Morgan fingerprint density at radius 3 is 3.05 bits per heavy atom. The van der Waals surface area contributed by atoms with Crippen LogP contribution in [0.25, 0.3) is 0 Å². The standard InChI is InChI=1S/C15H22FN3O2/c1-3-8-17-14-13(16)10(7-9-18-14)15(20)19-11-5-4-6-12(11)21-2/h7,9,11-12H,3-6,8H2,1-2H3,(H,17,18)(H,19,20). The van der Waals surface area contributed by atoms with Crippen LogP contribution in [0, 0.1) is 5.82 Å². The predicted molar refractivity (Wildman–Crippen MR) is 78.9 cm³/mol. The van der Waals surface area contributed by atoms with Crippen LogP contribution in [0.2, 0.25) is 0 Å². The van der Waals surface area contributed by atoms with Gasteiger partial charge in [0.05, 0.1) is 17.7 Å². The van der Waals surface area contributed by atoms with Crippen molar-refractivity contribution in [3.8, 4) is 0 Å². The van der Waals surface area contributed by atoms with Crippen LogP contribution in [0.1, 0.15) is 43.0 Å². The van der Waals surface area contributed by atoms with Gasteiger partial charge in [0.25, 0.3) is 5.91 Å². The first-order chi connectivity index (χ1) is 10.2. The minimum absolute atomic E-state index is 0.0107. The predicted octanol–water partition coefficient (Wildman–Crippen LogP) is 2.34. The fraction of sp³-hybridized carbons (Fsp3) is 0.600. The van der Waals surface area contributed by atoms with Gasteiger partial charge in [0, 0.05) is 19.9 Å². The molecule has 0 bridgehead atoms. The second-order valence-electron chi connectivity index (χ2n) is 5.23. The molecule has 1 aromatic rings. The van der Waals surface area contributed by atoms with E-state index in [4.69, 9.17) is 4.74 Å².